The summed E-state index contributed by atoms with van der Waals surface area (Å²) in [7, 11) is 0. The van der Waals surface area contributed by atoms with Crippen molar-refractivity contribution in [1.29, 1.82) is 0 Å². The molecule has 0 saturated heterocycles. The molecule has 7 nitrogen and oxygen atoms in total. The third kappa shape index (κ3) is 4.63. The van der Waals surface area contributed by atoms with Crippen LogP contribution in [0.3, 0.4) is 0 Å². The van der Waals surface area contributed by atoms with Crippen LogP contribution in [0.25, 0.3) is 0 Å². The molecule has 0 spiro atoms. The van der Waals surface area contributed by atoms with Crippen LogP contribution < -0.4 is 0 Å². The van der Waals surface area contributed by atoms with Gasteiger partial charge in [0.05, 0.1) is 19.3 Å². The first-order valence-electron chi connectivity index (χ1n) is 9.42. The van der Waals surface area contributed by atoms with Gasteiger partial charge in [-0.3, -0.25) is 14.4 Å². The maximum atomic E-state index is 11.4. The molecule has 6 unspecified atom stereocenters. The predicted octanol–water partition coefficient (Wildman–Crippen LogP) is 2.04. The summed E-state index contributed by atoms with van der Waals surface area (Å²) in [5, 5.41) is 10.8. The number of esters is 3. The van der Waals surface area contributed by atoms with Gasteiger partial charge in [0.25, 0.3) is 0 Å². The molecule has 1 N–H and O–H groups in total. The van der Waals surface area contributed by atoms with Gasteiger partial charge in [0.15, 0.2) is 0 Å². The van der Waals surface area contributed by atoms with Crippen molar-refractivity contribution in [3.63, 3.8) is 0 Å². The van der Waals surface area contributed by atoms with E-state index in [4.69, 9.17) is 14.2 Å². The maximum Gasteiger partial charge on any atom is 0.302 e. The van der Waals surface area contributed by atoms with E-state index in [0.717, 1.165) is 5.57 Å². The van der Waals surface area contributed by atoms with E-state index in [1.807, 2.05) is 6.92 Å². The third-order valence-corrected chi connectivity index (χ3v) is 6.02. The van der Waals surface area contributed by atoms with Crippen molar-refractivity contribution in [3.8, 4) is 0 Å². The maximum absolute atomic E-state index is 11.4. The fourth-order valence-corrected chi connectivity index (χ4v) is 4.71. The largest absolute Gasteiger partial charge is 0.465 e. The normalized spacial score (nSPS) is 33.9. The summed E-state index contributed by atoms with van der Waals surface area (Å²) >= 11 is 0. The first-order valence-corrected chi connectivity index (χ1v) is 9.42. The molecule has 2 rings (SSSR count). The summed E-state index contributed by atoms with van der Waals surface area (Å²) in [6, 6.07) is 0. The van der Waals surface area contributed by atoms with E-state index in [-0.39, 0.29) is 49.5 Å². The lowest BCUT2D eigenvalue weighted by Crippen LogP contribution is -2.30. The van der Waals surface area contributed by atoms with Crippen molar-refractivity contribution in [2.75, 3.05) is 19.8 Å². The molecule has 0 aromatic heterocycles. The van der Waals surface area contributed by atoms with Gasteiger partial charge in [-0.05, 0) is 29.7 Å². The Bertz CT molecular complexity index is 682. The molecule has 2 saturated carbocycles. The highest BCUT2D eigenvalue weighted by molar-refractivity contribution is 5.66. The average Bonchev–Trinajstić information content (AvgIpc) is 3.21. The highest BCUT2D eigenvalue weighted by Gasteiger charge is 2.69. The lowest BCUT2D eigenvalue weighted by molar-refractivity contribution is -0.144. The molecule has 6 atom stereocenters. The van der Waals surface area contributed by atoms with Crippen molar-refractivity contribution < 1.29 is 33.7 Å². The number of aliphatic hydroxyl groups is 1. The van der Waals surface area contributed by atoms with E-state index in [0.29, 0.717) is 12.0 Å². The number of carbonyl (C=O) groups is 3. The molecule has 7 heteroatoms. The van der Waals surface area contributed by atoms with Gasteiger partial charge in [0.1, 0.15) is 6.61 Å². The van der Waals surface area contributed by atoms with Crippen molar-refractivity contribution in [2.45, 2.75) is 40.2 Å². The fourth-order valence-electron chi connectivity index (χ4n) is 4.71. The van der Waals surface area contributed by atoms with Crippen LogP contribution in [-0.4, -0.2) is 48.9 Å². The zero-order valence-corrected chi connectivity index (χ0v) is 17.0. The summed E-state index contributed by atoms with van der Waals surface area (Å²) in [4.78, 5) is 34.0. The molecular formula is C21H30O7. The Kier molecular flexibility index (Phi) is 6.70. The zero-order valence-electron chi connectivity index (χ0n) is 17.0. The minimum absolute atomic E-state index is 0.0345. The molecular weight excluding hydrogens is 364 g/mol. The second-order valence-electron chi connectivity index (χ2n) is 8.14. The SMILES string of the molecule is C=C1CC(O)C2C(C(C(=C)COC(C)=O)C1COC(C)=O)C2(C)COC(C)=O. The minimum atomic E-state index is -0.649. The van der Waals surface area contributed by atoms with Crippen molar-refractivity contribution in [3.05, 3.63) is 24.3 Å². The molecule has 2 aliphatic rings. The second kappa shape index (κ2) is 8.47. The number of fused-ring (bicyclic) bond motifs is 1. The zero-order chi connectivity index (χ0) is 21.2. The molecule has 0 heterocycles. The first kappa shape index (κ1) is 22.1. The van der Waals surface area contributed by atoms with Crippen molar-refractivity contribution >= 4 is 17.9 Å². The number of ether oxygens (including phenoxy) is 3. The van der Waals surface area contributed by atoms with Crippen LogP contribution in [0.5, 0.6) is 0 Å². The number of rotatable bonds is 7. The van der Waals surface area contributed by atoms with E-state index in [9.17, 15) is 19.5 Å². The van der Waals surface area contributed by atoms with Gasteiger partial charge in [0.2, 0.25) is 0 Å². The monoisotopic (exact) mass is 394 g/mol. The quantitative estimate of drug-likeness (QED) is 0.401. The van der Waals surface area contributed by atoms with Crippen LogP contribution >= 0.6 is 0 Å². The van der Waals surface area contributed by atoms with E-state index in [1.54, 1.807) is 0 Å². The van der Waals surface area contributed by atoms with E-state index in [1.165, 1.54) is 20.8 Å². The van der Waals surface area contributed by atoms with Gasteiger partial charge >= 0.3 is 17.9 Å². The standard InChI is InChI=1S/C21H30O7/c1-11-7-17(25)19-20(21(19,6)10-28-15(5)24)18(12(2)8-26-13(3)22)16(11)9-27-14(4)23/h16-20,25H,1-2,7-10H2,3-6H3. The minimum Gasteiger partial charge on any atom is -0.465 e. The molecule has 0 aromatic rings. The highest BCUT2D eigenvalue weighted by Crippen LogP contribution is 2.68. The van der Waals surface area contributed by atoms with Gasteiger partial charge in [-0.25, -0.2) is 0 Å². The molecule has 0 bridgehead atoms. The van der Waals surface area contributed by atoms with Crippen molar-refractivity contribution in [1.82, 2.24) is 0 Å². The van der Waals surface area contributed by atoms with E-state index >= 15 is 0 Å². The van der Waals surface area contributed by atoms with Gasteiger partial charge in [-0.15, -0.1) is 0 Å². The Morgan fingerprint density at radius 3 is 2.18 bits per heavy atom. The second-order valence-corrected chi connectivity index (χ2v) is 8.14. The Hall–Kier alpha value is -2.15. The Labute approximate surface area is 165 Å². The summed E-state index contributed by atoms with van der Waals surface area (Å²) in [5.74, 6) is -1.88. The Morgan fingerprint density at radius 1 is 1.07 bits per heavy atom. The van der Waals surface area contributed by atoms with Gasteiger partial charge in [0, 0.05) is 32.1 Å². The Morgan fingerprint density at radius 2 is 1.64 bits per heavy atom. The van der Waals surface area contributed by atoms with E-state index < -0.39 is 23.5 Å². The van der Waals surface area contributed by atoms with Gasteiger partial charge < -0.3 is 19.3 Å². The molecule has 2 fully saturated rings. The number of aliphatic hydroxyl groups excluding tert-OH is 1. The summed E-state index contributed by atoms with van der Waals surface area (Å²) in [6.07, 6.45) is -0.287. The lowest BCUT2D eigenvalue weighted by Gasteiger charge is -2.31. The van der Waals surface area contributed by atoms with E-state index in [2.05, 4.69) is 13.2 Å². The summed E-state index contributed by atoms with van der Waals surface area (Å²) in [5.41, 5.74) is 0.998. The van der Waals surface area contributed by atoms with Crippen LogP contribution in [-0.2, 0) is 28.6 Å². The van der Waals surface area contributed by atoms with Gasteiger partial charge in [-0.1, -0.05) is 25.7 Å². The van der Waals surface area contributed by atoms with Crippen LogP contribution in [0, 0.1) is 29.1 Å². The van der Waals surface area contributed by atoms with Crippen LogP contribution in [0.15, 0.2) is 24.3 Å². The number of hydrogen-bond acceptors (Lipinski definition) is 7. The molecule has 0 radical (unpaired) electrons. The lowest BCUT2D eigenvalue weighted by atomic mass is 9.77. The summed E-state index contributed by atoms with van der Waals surface area (Å²) < 4.78 is 15.7. The summed E-state index contributed by atoms with van der Waals surface area (Å²) in [6.45, 7) is 14.5. The van der Waals surface area contributed by atoms with Crippen LogP contribution in [0.2, 0.25) is 0 Å². The smallest absolute Gasteiger partial charge is 0.302 e. The molecule has 2 aliphatic carbocycles. The molecule has 156 valence electrons. The predicted molar refractivity (Wildman–Crippen MR) is 101 cm³/mol. The number of hydrogen-bond donors (Lipinski definition) is 1. The molecule has 28 heavy (non-hydrogen) atoms. The molecule has 0 aliphatic heterocycles. The highest BCUT2D eigenvalue weighted by atomic mass is 16.5. The molecule has 0 amide bonds. The topological polar surface area (TPSA) is 99.1 Å². The molecule has 0 aromatic carbocycles. The average molecular weight is 394 g/mol. The Balaban J connectivity index is 2.34. The third-order valence-electron chi connectivity index (χ3n) is 6.02. The number of carbonyl (C=O) groups excluding carboxylic acids is 3. The van der Waals surface area contributed by atoms with Crippen LogP contribution in [0.4, 0.5) is 0 Å². The van der Waals surface area contributed by atoms with Crippen molar-refractivity contribution in [2.24, 2.45) is 29.1 Å². The fraction of sp³-hybridized carbons (Fsp3) is 0.667. The van der Waals surface area contributed by atoms with Crippen LogP contribution in [0.1, 0.15) is 34.1 Å². The first-order chi connectivity index (χ1) is 13.0. The van der Waals surface area contributed by atoms with Gasteiger partial charge in [-0.2, -0.15) is 0 Å².